The van der Waals surface area contributed by atoms with Crippen LogP contribution in [0.15, 0.2) is 54.7 Å². The Morgan fingerprint density at radius 1 is 1.15 bits per heavy atom. The fourth-order valence-corrected chi connectivity index (χ4v) is 4.12. The number of H-pyrrole nitrogens is 2. The van der Waals surface area contributed by atoms with E-state index in [-0.39, 0.29) is 5.91 Å². The van der Waals surface area contributed by atoms with Gasteiger partial charge in [0.2, 0.25) is 5.91 Å². The SMILES string of the molecule is CC(C)(C(=O)Nc1cn[nH]c1-c1nc2ccc(CN3CCOCC3)cc2[nH]1)c1ccccc1. The van der Waals surface area contributed by atoms with E-state index in [9.17, 15) is 4.79 Å². The number of morpholine rings is 1. The van der Waals surface area contributed by atoms with Crippen LogP contribution in [0.4, 0.5) is 5.69 Å². The van der Waals surface area contributed by atoms with Gasteiger partial charge in [-0.2, -0.15) is 5.10 Å². The zero-order valence-electron chi connectivity index (χ0n) is 18.9. The summed E-state index contributed by atoms with van der Waals surface area (Å²) < 4.78 is 5.44. The molecular formula is C25H28N6O2. The van der Waals surface area contributed by atoms with Gasteiger partial charge in [-0.05, 0) is 37.1 Å². The molecule has 170 valence electrons. The van der Waals surface area contributed by atoms with E-state index < -0.39 is 5.41 Å². The van der Waals surface area contributed by atoms with Gasteiger partial charge < -0.3 is 15.0 Å². The number of benzene rings is 2. The number of hydrogen-bond acceptors (Lipinski definition) is 5. The number of aromatic amines is 2. The van der Waals surface area contributed by atoms with Crippen LogP contribution in [0, 0.1) is 0 Å². The van der Waals surface area contributed by atoms with Gasteiger partial charge in [-0.15, -0.1) is 0 Å². The Labute approximate surface area is 192 Å². The first kappa shape index (κ1) is 21.4. The lowest BCUT2D eigenvalue weighted by atomic mass is 9.83. The lowest BCUT2D eigenvalue weighted by Gasteiger charge is -2.26. The van der Waals surface area contributed by atoms with E-state index in [2.05, 4.69) is 37.5 Å². The van der Waals surface area contributed by atoms with Crippen molar-refractivity contribution in [3.05, 3.63) is 65.9 Å². The molecule has 4 aromatic rings. The zero-order valence-corrected chi connectivity index (χ0v) is 18.9. The largest absolute Gasteiger partial charge is 0.379 e. The van der Waals surface area contributed by atoms with E-state index in [1.807, 2.05) is 50.2 Å². The van der Waals surface area contributed by atoms with Gasteiger partial charge in [-0.1, -0.05) is 36.4 Å². The Morgan fingerprint density at radius 2 is 1.94 bits per heavy atom. The summed E-state index contributed by atoms with van der Waals surface area (Å²) in [5.74, 6) is 0.527. The maximum absolute atomic E-state index is 13.1. The number of imidazole rings is 1. The van der Waals surface area contributed by atoms with Crippen molar-refractivity contribution < 1.29 is 9.53 Å². The molecule has 1 amide bonds. The molecule has 2 aromatic carbocycles. The number of rotatable bonds is 6. The molecule has 33 heavy (non-hydrogen) atoms. The monoisotopic (exact) mass is 444 g/mol. The molecule has 0 bridgehead atoms. The molecule has 0 radical (unpaired) electrons. The van der Waals surface area contributed by atoms with E-state index in [0.717, 1.165) is 49.4 Å². The van der Waals surface area contributed by atoms with Crippen molar-refractivity contribution >= 4 is 22.6 Å². The second-order valence-corrected chi connectivity index (χ2v) is 8.93. The first-order chi connectivity index (χ1) is 16.0. The fourth-order valence-electron chi connectivity index (χ4n) is 4.12. The van der Waals surface area contributed by atoms with Crippen molar-refractivity contribution in [3.63, 3.8) is 0 Å². The van der Waals surface area contributed by atoms with Crippen LogP contribution < -0.4 is 5.32 Å². The van der Waals surface area contributed by atoms with Gasteiger partial charge in [0.15, 0.2) is 5.82 Å². The van der Waals surface area contributed by atoms with Gasteiger partial charge in [0.25, 0.3) is 0 Å². The van der Waals surface area contributed by atoms with Crippen LogP contribution in [0.1, 0.15) is 25.0 Å². The standard InChI is InChI=1S/C25H28N6O2/c1-25(2,18-6-4-3-5-7-18)24(32)29-21-15-26-30-22(21)23-27-19-9-8-17(14-20(19)28-23)16-31-10-12-33-13-11-31/h3-9,14-15H,10-13,16H2,1-2H3,(H,26,30)(H,27,28)(H,29,32). The summed E-state index contributed by atoms with van der Waals surface area (Å²) in [6.45, 7) is 8.17. The quantitative estimate of drug-likeness (QED) is 0.421. The third-order valence-corrected chi connectivity index (χ3v) is 6.24. The Hall–Kier alpha value is -3.49. The Morgan fingerprint density at radius 3 is 2.73 bits per heavy atom. The third kappa shape index (κ3) is 4.40. The maximum Gasteiger partial charge on any atom is 0.234 e. The molecule has 1 fully saturated rings. The van der Waals surface area contributed by atoms with Gasteiger partial charge in [0, 0.05) is 19.6 Å². The molecule has 2 aromatic heterocycles. The molecule has 1 saturated heterocycles. The average Bonchev–Trinajstić information content (AvgIpc) is 3.46. The number of ether oxygens (including phenoxy) is 1. The first-order valence-electron chi connectivity index (χ1n) is 11.2. The normalized spacial score (nSPS) is 15.1. The Balaban J connectivity index is 1.36. The predicted molar refractivity (Wildman–Crippen MR) is 128 cm³/mol. The second-order valence-electron chi connectivity index (χ2n) is 8.93. The predicted octanol–water partition coefficient (Wildman–Crippen LogP) is 3.70. The highest BCUT2D eigenvalue weighted by Gasteiger charge is 2.30. The van der Waals surface area contributed by atoms with Crippen molar-refractivity contribution in [2.45, 2.75) is 25.8 Å². The summed E-state index contributed by atoms with van der Waals surface area (Å²) in [6.07, 6.45) is 1.62. The number of amides is 1. The number of nitrogens with one attached hydrogen (secondary N) is 3. The van der Waals surface area contributed by atoms with Crippen LogP contribution in [0.5, 0.6) is 0 Å². The highest BCUT2D eigenvalue weighted by atomic mass is 16.5. The summed E-state index contributed by atoms with van der Waals surface area (Å²) in [5.41, 5.74) is 4.54. The minimum Gasteiger partial charge on any atom is -0.379 e. The molecule has 0 unspecified atom stereocenters. The molecule has 5 rings (SSSR count). The lowest BCUT2D eigenvalue weighted by Crippen LogP contribution is -2.35. The molecule has 0 saturated carbocycles. The van der Waals surface area contributed by atoms with Crippen molar-refractivity contribution in [1.29, 1.82) is 0 Å². The van der Waals surface area contributed by atoms with E-state index in [1.165, 1.54) is 5.56 Å². The van der Waals surface area contributed by atoms with E-state index in [4.69, 9.17) is 9.72 Å². The fraction of sp³-hybridized carbons (Fsp3) is 0.320. The number of nitrogens with zero attached hydrogens (tertiary/aromatic N) is 3. The number of carbonyl (C=O) groups is 1. The topological polar surface area (TPSA) is 98.9 Å². The average molecular weight is 445 g/mol. The van der Waals surface area contributed by atoms with E-state index in [0.29, 0.717) is 17.2 Å². The number of aromatic nitrogens is 4. The van der Waals surface area contributed by atoms with Crippen LogP contribution in [-0.2, 0) is 21.5 Å². The molecule has 1 aliphatic rings. The van der Waals surface area contributed by atoms with Gasteiger partial charge in [0.05, 0.1) is 41.5 Å². The molecular weight excluding hydrogens is 416 g/mol. The van der Waals surface area contributed by atoms with Gasteiger partial charge in [-0.25, -0.2) is 4.98 Å². The van der Waals surface area contributed by atoms with Gasteiger partial charge in [-0.3, -0.25) is 14.8 Å². The number of anilines is 1. The number of hydrogen-bond donors (Lipinski definition) is 3. The summed E-state index contributed by atoms with van der Waals surface area (Å²) >= 11 is 0. The molecule has 8 nitrogen and oxygen atoms in total. The minimum atomic E-state index is -0.696. The van der Waals surface area contributed by atoms with Crippen LogP contribution in [0.25, 0.3) is 22.6 Å². The number of carbonyl (C=O) groups excluding carboxylic acids is 1. The molecule has 8 heteroatoms. The molecule has 0 atom stereocenters. The third-order valence-electron chi connectivity index (χ3n) is 6.24. The van der Waals surface area contributed by atoms with Gasteiger partial charge in [0.1, 0.15) is 5.69 Å². The van der Waals surface area contributed by atoms with Crippen molar-refractivity contribution in [2.24, 2.45) is 0 Å². The number of fused-ring (bicyclic) bond motifs is 1. The van der Waals surface area contributed by atoms with Crippen LogP contribution in [0.2, 0.25) is 0 Å². The second kappa shape index (κ2) is 8.80. The summed E-state index contributed by atoms with van der Waals surface area (Å²) in [4.78, 5) is 23.6. The van der Waals surface area contributed by atoms with E-state index in [1.54, 1.807) is 6.20 Å². The maximum atomic E-state index is 13.1. The van der Waals surface area contributed by atoms with Gasteiger partial charge >= 0.3 is 0 Å². The van der Waals surface area contributed by atoms with Crippen LogP contribution in [0.3, 0.4) is 0 Å². The first-order valence-corrected chi connectivity index (χ1v) is 11.2. The summed E-state index contributed by atoms with van der Waals surface area (Å²) in [6, 6.07) is 16.0. The lowest BCUT2D eigenvalue weighted by molar-refractivity contribution is -0.120. The highest BCUT2D eigenvalue weighted by Crippen LogP contribution is 2.29. The van der Waals surface area contributed by atoms with Crippen LogP contribution in [-0.4, -0.2) is 57.3 Å². The van der Waals surface area contributed by atoms with Crippen LogP contribution >= 0.6 is 0 Å². The van der Waals surface area contributed by atoms with Crippen molar-refractivity contribution in [1.82, 2.24) is 25.1 Å². The van der Waals surface area contributed by atoms with E-state index >= 15 is 0 Å². The Bertz CT molecular complexity index is 1250. The molecule has 0 aliphatic carbocycles. The molecule has 1 aliphatic heterocycles. The van der Waals surface area contributed by atoms with Crippen molar-refractivity contribution in [2.75, 3.05) is 31.6 Å². The Kier molecular flexibility index (Phi) is 5.70. The molecule has 3 heterocycles. The highest BCUT2D eigenvalue weighted by molar-refractivity contribution is 6.00. The molecule has 3 N–H and O–H groups in total. The molecule has 0 spiro atoms. The minimum absolute atomic E-state index is 0.111. The smallest absolute Gasteiger partial charge is 0.234 e. The van der Waals surface area contributed by atoms with Crippen molar-refractivity contribution in [3.8, 4) is 11.5 Å². The summed E-state index contributed by atoms with van der Waals surface area (Å²) in [5, 5.41) is 10.2. The summed E-state index contributed by atoms with van der Waals surface area (Å²) in [7, 11) is 0. The zero-order chi connectivity index (χ0) is 22.8.